The summed E-state index contributed by atoms with van der Waals surface area (Å²) in [4.78, 5) is 0. The Morgan fingerprint density at radius 2 is 1.70 bits per heavy atom. The van der Waals surface area contributed by atoms with E-state index in [0.29, 0.717) is 30.2 Å². The molecule has 0 aliphatic carbocycles. The van der Waals surface area contributed by atoms with Crippen molar-refractivity contribution >= 4 is 5.69 Å². The van der Waals surface area contributed by atoms with Crippen LogP contribution in [0.5, 0.6) is 5.75 Å². The van der Waals surface area contributed by atoms with E-state index >= 15 is 0 Å². The Morgan fingerprint density at radius 1 is 1.10 bits per heavy atom. The molecule has 0 aliphatic heterocycles. The fourth-order valence-electron chi connectivity index (χ4n) is 2.46. The lowest BCUT2D eigenvalue weighted by Crippen LogP contribution is -2.24. The predicted octanol–water partition coefficient (Wildman–Crippen LogP) is 5.10. The lowest BCUT2D eigenvalue weighted by molar-refractivity contribution is 0.338. The maximum absolute atomic E-state index is 13.3. The van der Waals surface area contributed by atoms with Gasteiger partial charge in [0, 0.05) is 12.1 Å². The molecule has 0 heterocycles. The second kappa shape index (κ2) is 8.13. The predicted molar refractivity (Wildman–Crippen MR) is 83.9 cm³/mol. The standard InChI is InChI=1S/C17H28FNO/c1-6-20-17-11-14(18)7-8-16(17)19-15(9-12(2)3)10-13(4)5/h7-8,11-13,15,19H,6,9-10H2,1-5H3. The molecule has 1 aromatic rings. The van der Waals surface area contributed by atoms with E-state index < -0.39 is 0 Å². The van der Waals surface area contributed by atoms with Crippen molar-refractivity contribution in [1.29, 1.82) is 0 Å². The molecule has 3 heteroatoms. The summed E-state index contributed by atoms with van der Waals surface area (Å²) in [5.41, 5.74) is 0.888. The zero-order valence-electron chi connectivity index (χ0n) is 13.4. The Bertz CT molecular complexity index is 394. The molecule has 0 unspecified atom stereocenters. The molecule has 0 amide bonds. The molecule has 0 aromatic heterocycles. The van der Waals surface area contributed by atoms with E-state index in [-0.39, 0.29) is 5.82 Å². The Hall–Kier alpha value is -1.25. The van der Waals surface area contributed by atoms with E-state index in [4.69, 9.17) is 4.74 Å². The highest BCUT2D eigenvalue weighted by Gasteiger charge is 2.15. The van der Waals surface area contributed by atoms with Crippen LogP contribution in [-0.4, -0.2) is 12.6 Å². The van der Waals surface area contributed by atoms with Crippen molar-refractivity contribution < 1.29 is 9.13 Å². The second-order valence-electron chi connectivity index (χ2n) is 6.17. The molecule has 0 fully saturated rings. The molecule has 1 rings (SSSR count). The van der Waals surface area contributed by atoms with Gasteiger partial charge in [-0.05, 0) is 43.7 Å². The minimum Gasteiger partial charge on any atom is -0.492 e. The summed E-state index contributed by atoms with van der Waals surface area (Å²) >= 11 is 0. The van der Waals surface area contributed by atoms with Crippen molar-refractivity contribution in [1.82, 2.24) is 0 Å². The van der Waals surface area contributed by atoms with Gasteiger partial charge in [-0.1, -0.05) is 27.7 Å². The first-order valence-corrected chi connectivity index (χ1v) is 7.61. The van der Waals surface area contributed by atoms with Gasteiger partial charge in [0.2, 0.25) is 0 Å². The first-order valence-electron chi connectivity index (χ1n) is 7.61. The number of hydrogen-bond acceptors (Lipinski definition) is 2. The van der Waals surface area contributed by atoms with Gasteiger partial charge in [0.15, 0.2) is 0 Å². The highest BCUT2D eigenvalue weighted by molar-refractivity contribution is 5.57. The summed E-state index contributed by atoms with van der Waals surface area (Å²) in [7, 11) is 0. The number of hydrogen-bond donors (Lipinski definition) is 1. The molecule has 114 valence electrons. The van der Waals surface area contributed by atoms with Crippen molar-refractivity contribution in [3.63, 3.8) is 0 Å². The van der Waals surface area contributed by atoms with Crippen molar-refractivity contribution in [2.24, 2.45) is 11.8 Å². The van der Waals surface area contributed by atoms with Gasteiger partial charge >= 0.3 is 0 Å². The Labute approximate surface area is 122 Å². The molecule has 0 radical (unpaired) electrons. The van der Waals surface area contributed by atoms with E-state index in [2.05, 4.69) is 33.0 Å². The van der Waals surface area contributed by atoms with Crippen LogP contribution in [0.3, 0.4) is 0 Å². The number of halogens is 1. The molecular formula is C17H28FNO. The van der Waals surface area contributed by atoms with Crippen LogP contribution in [0.15, 0.2) is 18.2 Å². The molecule has 0 saturated carbocycles. The average Bonchev–Trinajstić information content (AvgIpc) is 2.31. The van der Waals surface area contributed by atoms with Gasteiger partial charge in [-0.2, -0.15) is 0 Å². The number of benzene rings is 1. The fraction of sp³-hybridized carbons (Fsp3) is 0.647. The smallest absolute Gasteiger partial charge is 0.145 e. The number of nitrogens with one attached hydrogen (secondary N) is 1. The molecule has 0 saturated heterocycles. The van der Waals surface area contributed by atoms with Crippen molar-refractivity contribution in [2.45, 2.75) is 53.5 Å². The molecule has 0 bridgehead atoms. The minimum absolute atomic E-state index is 0.261. The molecular weight excluding hydrogens is 253 g/mol. The topological polar surface area (TPSA) is 21.3 Å². The maximum atomic E-state index is 13.3. The van der Waals surface area contributed by atoms with E-state index in [1.165, 1.54) is 12.1 Å². The monoisotopic (exact) mass is 281 g/mol. The third-order valence-electron chi connectivity index (χ3n) is 3.11. The van der Waals surface area contributed by atoms with Crippen molar-refractivity contribution in [3.05, 3.63) is 24.0 Å². The lowest BCUT2D eigenvalue weighted by atomic mass is 9.95. The largest absolute Gasteiger partial charge is 0.492 e. The van der Waals surface area contributed by atoms with Crippen LogP contribution in [0.1, 0.15) is 47.5 Å². The van der Waals surface area contributed by atoms with Crippen LogP contribution in [-0.2, 0) is 0 Å². The zero-order chi connectivity index (χ0) is 15.1. The van der Waals surface area contributed by atoms with Crippen LogP contribution in [0.25, 0.3) is 0 Å². The van der Waals surface area contributed by atoms with Gasteiger partial charge in [0.25, 0.3) is 0 Å². The molecule has 0 aliphatic rings. The number of rotatable bonds is 8. The third-order valence-corrected chi connectivity index (χ3v) is 3.11. The van der Waals surface area contributed by atoms with E-state index in [1.54, 1.807) is 6.07 Å². The summed E-state index contributed by atoms with van der Waals surface area (Å²) in [6.07, 6.45) is 2.20. The van der Waals surface area contributed by atoms with Gasteiger partial charge in [-0.15, -0.1) is 0 Å². The molecule has 2 nitrogen and oxygen atoms in total. The summed E-state index contributed by atoms with van der Waals surface area (Å²) in [6, 6.07) is 5.09. The molecule has 1 aromatic carbocycles. The van der Waals surface area contributed by atoms with Crippen molar-refractivity contribution in [2.75, 3.05) is 11.9 Å². The molecule has 0 atom stereocenters. The SMILES string of the molecule is CCOc1cc(F)ccc1NC(CC(C)C)CC(C)C. The van der Waals surface area contributed by atoms with Gasteiger partial charge < -0.3 is 10.1 Å². The highest BCUT2D eigenvalue weighted by atomic mass is 19.1. The molecule has 20 heavy (non-hydrogen) atoms. The minimum atomic E-state index is -0.261. The summed E-state index contributed by atoms with van der Waals surface area (Å²) in [5.74, 6) is 1.60. The highest BCUT2D eigenvalue weighted by Crippen LogP contribution is 2.28. The van der Waals surface area contributed by atoms with Crippen LogP contribution < -0.4 is 10.1 Å². The van der Waals surface area contributed by atoms with E-state index in [0.717, 1.165) is 18.5 Å². The first kappa shape index (κ1) is 16.8. The Balaban J connectivity index is 2.85. The lowest BCUT2D eigenvalue weighted by Gasteiger charge is -2.24. The Morgan fingerprint density at radius 3 is 2.20 bits per heavy atom. The Kier molecular flexibility index (Phi) is 6.83. The van der Waals surface area contributed by atoms with E-state index in [9.17, 15) is 4.39 Å². The summed E-state index contributed by atoms with van der Waals surface area (Å²) in [6.45, 7) is 11.4. The molecule has 1 N–H and O–H groups in total. The van der Waals surface area contributed by atoms with Crippen LogP contribution in [0, 0.1) is 17.7 Å². The first-order chi connectivity index (χ1) is 9.42. The van der Waals surface area contributed by atoms with Crippen LogP contribution in [0.2, 0.25) is 0 Å². The summed E-state index contributed by atoms with van der Waals surface area (Å²) in [5, 5.41) is 3.53. The quantitative estimate of drug-likeness (QED) is 0.716. The molecule has 0 spiro atoms. The van der Waals surface area contributed by atoms with E-state index in [1.807, 2.05) is 6.92 Å². The average molecular weight is 281 g/mol. The number of anilines is 1. The van der Waals surface area contributed by atoms with Gasteiger partial charge in [-0.3, -0.25) is 0 Å². The maximum Gasteiger partial charge on any atom is 0.145 e. The zero-order valence-corrected chi connectivity index (χ0v) is 13.4. The van der Waals surface area contributed by atoms with Crippen LogP contribution in [0.4, 0.5) is 10.1 Å². The normalized spacial score (nSPS) is 11.4. The van der Waals surface area contributed by atoms with Gasteiger partial charge in [0.1, 0.15) is 11.6 Å². The van der Waals surface area contributed by atoms with Gasteiger partial charge in [0.05, 0.1) is 12.3 Å². The third kappa shape index (κ3) is 5.81. The fourth-order valence-corrected chi connectivity index (χ4v) is 2.46. The number of ether oxygens (including phenoxy) is 1. The summed E-state index contributed by atoms with van der Waals surface area (Å²) < 4.78 is 18.8. The van der Waals surface area contributed by atoms with Gasteiger partial charge in [-0.25, -0.2) is 4.39 Å². The second-order valence-corrected chi connectivity index (χ2v) is 6.17. The van der Waals surface area contributed by atoms with Crippen LogP contribution >= 0.6 is 0 Å². The van der Waals surface area contributed by atoms with Crippen molar-refractivity contribution in [3.8, 4) is 5.75 Å².